The summed E-state index contributed by atoms with van der Waals surface area (Å²) in [6, 6.07) is 0. The molecule has 1 aliphatic heterocycles. The molecular weight excluding hydrogens is 171 g/mol. The Morgan fingerprint density at radius 3 is 2.33 bits per heavy atom. The Balaban J connectivity index is 0. The van der Waals surface area contributed by atoms with Crippen LogP contribution in [0.1, 0.15) is 1.43 Å². The maximum atomic E-state index is 9.96. The summed E-state index contributed by atoms with van der Waals surface area (Å²) in [5.41, 5.74) is 0. The molecule has 1 atom stereocenters. The van der Waals surface area contributed by atoms with Gasteiger partial charge in [-0.05, 0) is 0 Å². The fraction of sp³-hybridized carbons (Fsp3) is 1.00. The van der Waals surface area contributed by atoms with Crippen LogP contribution in [-0.4, -0.2) is 31.4 Å². The summed E-state index contributed by atoms with van der Waals surface area (Å²) in [5.74, 6) is -0.257. The second kappa shape index (κ2) is 3.77. The van der Waals surface area contributed by atoms with E-state index in [1.165, 1.54) is 0 Å². The van der Waals surface area contributed by atoms with Crippen molar-refractivity contribution in [2.45, 2.75) is 6.10 Å². The van der Waals surface area contributed by atoms with Gasteiger partial charge in [-0.3, -0.25) is 4.55 Å². The van der Waals surface area contributed by atoms with E-state index in [1.807, 2.05) is 0 Å². The molecule has 0 spiro atoms. The van der Waals surface area contributed by atoms with Crippen molar-refractivity contribution in [2.24, 2.45) is 0 Å². The molecule has 0 aromatic heterocycles. The van der Waals surface area contributed by atoms with Crippen LogP contribution < -0.4 is 51.4 Å². The van der Waals surface area contributed by atoms with Crippen LogP contribution >= 0.6 is 0 Å². The average Bonchev–Trinajstić information content (AvgIpc) is 2.12. The molecule has 0 radical (unpaired) electrons. The Labute approximate surface area is 97.6 Å². The van der Waals surface area contributed by atoms with Crippen molar-refractivity contribution in [1.29, 1.82) is 0 Å². The largest absolute Gasteiger partial charge is 1.00 e. The van der Waals surface area contributed by atoms with Crippen molar-refractivity contribution >= 4 is 10.1 Å². The van der Waals surface area contributed by atoms with Gasteiger partial charge in [-0.15, -0.1) is 0 Å². The van der Waals surface area contributed by atoms with Crippen LogP contribution in [0.25, 0.3) is 0 Å². The standard InChI is InChI=1S/C3H6O4S.K.H/c4-8(5,6)2-3-1-7-3;;/h3H,1-2H2,(H,4,5,6);;/q;+1;-1. The topological polar surface area (TPSA) is 66.9 Å². The van der Waals surface area contributed by atoms with Crippen molar-refractivity contribution < 1.29 is 70.5 Å². The zero-order valence-corrected chi connectivity index (χ0v) is 9.01. The minimum absolute atomic E-state index is 0. The summed E-state index contributed by atoms with van der Waals surface area (Å²) < 4.78 is 32.6. The molecule has 0 saturated carbocycles. The molecule has 1 saturated heterocycles. The van der Waals surface area contributed by atoms with Crippen molar-refractivity contribution in [3.8, 4) is 0 Å². The van der Waals surface area contributed by atoms with Gasteiger partial charge in [-0.2, -0.15) is 8.42 Å². The predicted molar refractivity (Wildman–Crippen MR) is 27.3 cm³/mol. The summed E-state index contributed by atoms with van der Waals surface area (Å²) in [4.78, 5) is 0. The SMILES string of the molecule is O=S(=O)(O)CC1CO1.[H-].[K+]. The van der Waals surface area contributed by atoms with Gasteiger partial charge in [0.05, 0.1) is 12.7 Å². The maximum Gasteiger partial charge on any atom is 1.00 e. The predicted octanol–water partition coefficient (Wildman–Crippen LogP) is -3.61. The molecule has 4 nitrogen and oxygen atoms in total. The minimum atomic E-state index is -3.79. The molecule has 1 unspecified atom stereocenters. The first-order valence-electron chi connectivity index (χ1n) is 2.15. The Bertz CT molecular complexity index is 175. The van der Waals surface area contributed by atoms with Gasteiger partial charge in [-0.1, -0.05) is 0 Å². The molecule has 1 N–H and O–H groups in total. The first-order chi connectivity index (χ1) is 3.58. The minimum Gasteiger partial charge on any atom is -1.00 e. The van der Waals surface area contributed by atoms with Crippen molar-refractivity contribution in [3.05, 3.63) is 0 Å². The van der Waals surface area contributed by atoms with Crippen LogP contribution in [-0.2, 0) is 14.9 Å². The fourth-order valence-corrected chi connectivity index (χ4v) is 1.06. The third-order valence-electron chi connectivity index (χ3n) is 0.799. The molecular formula is C3H7KO4S. The van der Waals surface area contributed by atoms with Gasteiger partial charge < -0.3 is 6.16 Å². The van der Waals surface area contributed by atoms with Crippen LogP contribution in [0.4, 0.5) is 0 Å². The number of epoxide rings is 1. The van der Waals surface area contributed by atoms with E-state index < -0.39 is 10.1 Å². The molecule has 0 amide bonds. The van der Waals surface area contributed by atoms with Gasteiger partial charge in [0.25, 0.3) is 10.1 Å². The molecule has 0 aromatic rings. The second-order valence-electron chi connectivity index (χ2n) is 1.70. The molecule has 1 fully saturated rings. The van der Waals surface area contributed by atoms with Gasteiger partial charge in [-0.25, -0.2) is 0 Å². The molecule has 1 rings (SSSR count). The van der Waals surface area contributed by atoms with Crippen LogP contribution in [0.2, 0.25) is 0 Å². The summed E-state index contributed by atoms with van der Waals surface area (Å²) in [7, 11) is -3.79. The van der Waals surface area contributed by atoms with Crippen LogP contribution in [0.5, 0.6) is 0 Å². The molecule has 1 heterocycles. The van der Waals surface area contributed by atoms with E-state index in [0.717, 1.165) is 0 Å². The van der Waals surface area contributed by atoms with Crippen LogP contribution in [0.3, 0.4) is 0 Å². The number of hydrogen-bond donors (Lipinski definition) is 1. The fourth-order valence-electron chi connectivity index (χ4n) is 0.399. The third kappa shape index (κ3) is 5.93. The number of hydrogen-bond acceptors (Lipinski definition) is 3. The monoisotopic (exact) mass is 178 g/mol. The van der Waals surface area contributed by atoms with Crippen molar-refractivity contribution in [3.63, 3.8) is 0 Å². The summed E-state index contributed by atoms with van der Waals surface area (Å²) in [5, 5.41) is 0. The van der Waals surface area contributed by atoms with E-state index in [0.29, 0.717) is 6.61 Å². The van der Waals surface area contributed by atoms with Crippen LogP contribution in [0, 0.1) is 0 Å². The zero-order valence-electron chi connectivity index (χ0n) is 6.07. The number of ether oxygens (including phenoxy) is 1. The van der Waals surface area contributed by atoms with Gasteiger partial charge in [0.15, 0.2) is 0 Å². The molecule has 6 heteroatoms. The van der Waals surface area contributed by atoms with Gasteiger partial charge in [0.1, 0.15) is 5.75 Å². The van der Waals surface area contributed by atoms with Crippen LogP contribution in [0.15, 0.2) is 0 Å². The Hall–Kier alpha value is 1.51. The van der Waals surface area contributed by atoms with Gasteiger partial charge in [0.2, 0.25) is 0 Å². The van der Waals surface area contributed by atoms with Gasteiger partial charge >= 0.3 is 51.4 Å². The normalized spacial score (nSPS) is 24.8. The Morgan fingerprint density at radius 1 is 1.78 bits per heavy atom. The van der Waals surface area contributed by atoms with E-state index in [-0.39, 0.29) is 64.7 Å². The first-order valence-corrected chi connectivity index (χ1v) is 3.75. The van der Waals surface area contributed by atoms with E-state index in [1.54, 1.807) is 0 Å². The molecule has 0 bridgehead atoms. The van der Waals surface area contributed by atoms with Gasteiger partial charge in [0, 0.05) is 0 Å². The maximum absolute atomic E-state index is 9.96. The van der Waals surface area contributed by atoms with Crippen molar-refractivity contribution in [1.82, 2.24) is 0 Å². The Kier molecular flexibility index (Phi) is 4.40. The summed E-state index contributed by atoms with van der Waals surface area (Å²) in [6.07, 6.45) is -0.245. The summed E-state index contributed by atoms with van der Waals surface area (Å²) in [6.45, 7) is 0.458. The molecule has 0 aromatic carbocycles. The first kappa shape index (κ1) is 10.5. The van der Waals surface area contributed by atoms with Crippen molar-refractivity contribution in [2.75, 3.05) is 12.4 Å². The van der Waals surface area contributed by atoms with E-state index in [2.05, 4.69) is 4.74 Å². The molecule has 9 heavy (non-hydrogen) atoms. The second-order valence-corrected chi connectivity index (χ2v) is 3.20. The zero-order chi connectivity index (χ0) is 6.20. The number of rotatable bonds is 2. The molecule has 50 valence electrons. The molecule has 1 aliphatic rings. The van der Waals surface area contributed by atoms with E-state index in [9.17, 15) is 8.42 Å². The Morgan fingerprint density at radius 2 is 2.22 bits per heavy atom. The smallest absolute Gasteiger partial charge is 1.00 e. The average molecular weight is 178 g/mol. The third-order valence-corrected chi connectivity index (χ3v) is 1.59. The molecule has 0 aliphatic carbocycles. The summed E-state index contributed by atoms with van der Waals surface area (Å²) >= 11 is 0. The van der Waals surface area contributed by atoms with E-state index in [4.69, 9.17) is 4.55 Å². The van der Waals surface area contributed by atoms with E-state index >= 15 is 0 Å². The quantitative estimate of drug-likeness (QED) is 0.269.